The van der Waals surface area contributed by atoms with Gasteiger partial charge in [0.15, 0.2) is 0 Å². The zero-order valence-corrected chi connectivity index (χ0v) is 22.5. The average Bonchev–Trinajstić information content (AvgIpc) is 2.88. The summed E-state index contributed by atoms with van der Waals surface area (Å²) in [7, 11) is -7.47. The first-order valence-corrected chi connectivity index (χ1v) is 15.8. The van der Waals surface area contributed by atoms with Gasteiger partial charge >= 0.3 is 0 Å². The molecule has 0 bridgehead atoms. The second-order valence-corrected chi connectivity index (χ2v) is 13.8. The van der Waals surface area contributed by atoms with Gasteiger partial charge in [0.1, 0.15) is 0 Å². The second-order valence-electron chi connectivity index (χ2n) is 10.0. The molecule has 8 heteroatoms. The largest absolute Gasteiger partial charge is 0.243 e. The monoisotopic (exact) mass is 518 g/mol. The molecule has 0 spiro atoms. The Bertz CT molecular complexity index is 1180. The van der Waals surface area contributed by atoms with Crippen molar-refractivity contribution >= 4 is 20.0 Å². The molecule has 1 heterocycles. The molecule has 2 aliphatic rings. The van der Waals surface area contributed by atoms with E-state index in [0.29, 0.717) is 13.1 Å². The number of rotatable bonds is 8. The van der Waals surface area contributed by atoms with Gasteiger partial charge in [-0.25, -0.2) is 16.8 Å². The van der Waals surface area contributed by atoms with E-state index in [-0.39, 0.29) is 27.8 Å². The molecule has 2 fully saturated rings. The summed E-state index contributed by atoms with van der Waals surface area (Å²) in [6.07, 6.45) is 7.54. The normalized spacial score (nSPS) is 24.5. The van der Waals surface area contributed by atoms with Gasteiger partial charge in [-0.15, -0.1) is 0 Å². The van der Waals surface area contributed by atoms with Crippen LogP contribution in [0, 0.1) is 5.92 Å². The van der Waals surface area contributed by atoms with Crippen molar-refractivity contribution in [3.05, 3.63) is 60.2 Å². The zero-order valence-electron chi connectivity index (χ0n) is 20.8. The molecule has 1 saturated heterocycles. The van der Waals surface area contributed by atoms with Gasteiger partial charge < -0.3 is 0 Å². The van der Waals surface area contributed by atoms with Crippen LogP contribution in [0.1, 0.15) is 70.8 Å². The van der Waals surface area contributed by atoms with E-state index in [1.165, 1.54) is 24.3 Å². The van der Waals surface area contributed by atoms with Crippen LogP contribution in [-0.4, -0.2) is 44.1 Å². The minimum atomic E-state index is -3.81. The zero-order chi connectivity index (χ0) is 25.1. The number of hydrogen-bond donors (Lipinski definition) is 0. The minimum Gasteiger partial charge on any atom is -0.207 e. The third-order valence-electron chi connectivity index (χ3n) is 7.70. The Morgan fingerprint density at radius 1 is 0.829 bits per heavy atom. The number of sulfonamides is 2. The molecule has 0 N–H and O–H groups in total. The van der Waals surface area contributed by atoms with Crippen LogP contribution >= 0.6 is 0 Å². The van der Waals surface area contributed by atoms with Crippen molar-refractivity contribution in [3.63, 3.8) is 0 Å². The lowest BCUT2D eigenvalue weighted by Crippen LogP contribution is -2.44. The molecule has 192 valence electrons. The molecule has 1 aliphatic heterocycles. The smallest absolute Gasteiger partial charge is 0.207 e. The highest BCUT2D eigenvalue weighted by atomic mass is 32.2. The topological polar surface area (TPSA) is 74.8 Å². The van der Waals surface area contributed by atoms with Crippen molar-refractivity contribution in [1.29, 1.82) is 0 Å². The summed E-state index contributed by atoms with van der Waals surface area (Å²) in [6.45, 7) is 4.98. The van der Waals surface area contributed by atoms with Crippen molar-refractivity contribution in [2.24, 2.45) is 5.92 Å². The Morgan fingerprint density at radius 2 is 1.46 bits per heavy atom. The predicted molar refractivity (Wildman–Crippen MR) is 139 cm³/mol. The van der Waals surface area contributed by atoms with E-state index in [1.54, 1.807) is 8.61 Å². The fourth-order valence-corrected chi connectivity index (χ4v) is 9.13. The minimum absolute atomic E-state index is 0.00584. The number of benzene rings is 2. The van der Waals surface area contributed by atoms with E-state index in [9.17, 15) is 16.8 Å². The summed E-state index contributed by atoms with van der Waals surface area (Å²) in [5.41, 5.74) is 0.948. The molecule has 6 nitrogen and oxygen atoms in total. The maximum Gasteiger partial charge on any atom is 0.243 e. The lowest BCUT2D eigenvalue weighted by atomic mass is 9.86. The third-order valence-corrected chi connectivity index (χ3v) is 11.5. The van der Waals surface area contributed by atoms with E-state index in [1.807, 2.05) is 37.3 Å². The Kier molecular flexibility index (Phi) is 8.36. The molecule has 3 atom stereocenters. The van der Waals surface area contributed by atoms with Crippen molar-refractivity contribution in [3.8, 4) is 0 Å². The molecule has 2 aromatic rings. The molecule has 1 aliphatic carbocycles. The summed E-state index contributed by atoms with van der Waals surface area (Å²) >= 11 is 0. The highest BCUT2D eigenvalue weighted by molar-refractivity contribution is 7.89. The third kappa shape index (κ3) is 5.66. The van der Waals surface area contributed by atoms with E-state index < -0.39 is 20.0 Å². The highest BCUT2D eigenvalue weighted by Crippen LogP contribution is 2.34. The molecule has 3 unspecified atom stereocenters. The van der Waals surface area contributed by atoms with E-state index >= 15 is 0 Å². The van der Waals surface area contributed by atoms with Gasteiger partial charge in [-0.1, -0.05) is 63.4 Å². The highest BCUT2D eigenvalue weighted by Gasteiger charge is 2.37. The molecule has 0 radical (unpaired) electrons. The molecular formula is C27H38N2O4S2. The molecule has 0 amide bonds. The van der Waals surface area contributed by atoms with Crippen LogP contribution in [0.2, 0.25) is 0 Å². The van der Waals surface area contributed by atoms with Crippen molar-refractivity contribution in [2.75, 3.05) is 6.54 Å². The van der Waals surface area contributed by atoms with Crippen LogP contribution in [-0.2, 0) is 26.6 Å². The molecule has 1 saturated carbocycles. The van der Waals surface area contributed by atoms with Crippen LogP contribution in [0.15, 0.2) is 64.4 Å². The van der Waals surface area contributed by atoms with Crippen LogP contribution in [0.3, 0.4) is 0 Å². The van der Waals surface area contributed by atoms with E-state index in [2.05, 4.69) is 6.92 Å². The summed E-state index contributed by atoms with van der Waals surface area (Å²) in [5.74, 6) is 0.270. The molecular weight excluding hydrogens is 480 g/mol. The number of hydrogen-bond acceptors (Lipinski definition) is 4. The lowest BCUT2D eigenvalue weighted by Gasteiger charge is -2.38. The Morgan fingerprint density at radius 3 is 2.11 bits per heavy atom. The quantitative estimate of drug-likeness (QED) is 0.468. The Balaban J connectivity index is 1.64. The van der Waals surface area contributed by atoms with Gasteiger partial charge in [-0.2, -0.15) is 8.61 Å². The summed E-state index contributed by atoms with van der Waals surface area (Å²) < 4.78 is 57.8. The first-order valence-electron chi connectivity index (χ1n) is 12.9. The molecule has 4 rings (SSSR count). The van der Waals surface area contributed by atoms with Crippen LogP contribution in [0.4, 0.5) is 0 Å². The van der Waals surface area contributed by atoms with Crippen molar-refractivity contribution in [2.45, 2.75) is 93.6 Å². The summed E-state index contributed by atoms with van der Waals surface area (Å²) in [6, 6.07) is 15.5. The summed E-state index contributed by atoms with van der Waals surface area (Å²) in [5, 5.41) is 0. The van der Waals surface area contributed by atoms with Crippen LogP contribution < -0.4 is 0 Å². The SMILES string of the molecule is CCC1CCCCN1S(=O)(=O)c1ccc(S(=O)(=O)N(Cc2ccccc2)C2CCCCC2C)cc1. The molecule has 2 aromatic carbocycles. The van der Waals surface area contributed by atoms with Gasteiger partial charge in [0.2, 0.25) is 20.0 Å². The fraction of sp³-hybridized carbons (Fsp3) is 0.556. The Hall–Kier alpha value is -1.74. The lowest BCUT2D eigenvalue weighted by molar-refractivity contribution is 0.185. The fourth-order valence-electron chi connectivity index (χ4n) is 5.62. The van der Waals surface area contributed by atoms with E-state index in [0.717, 1.165) is 56.9 Å². The number of nitrogens with zero attached hydrogens (tertiary/aromatic N) is 2. The number of piperidine rings is 1. The van der Waals surface area contributed by atoms with Gasteiger partial charge in [0.05, 0.1) is 9.79 Å². The van der Waals surface area contributed by atoms with Crippen LogP contribution in [0.25, 0.3) is 0 Å². The van der Waals surface area contributed by atoms with Gasteiger partial charge in [0.25, 0.3) is 0 Å². The maximum atomic E-state index is 13.9. The van der Waals surface area contributed by atoms with Gasteiger partial charge in [-0.3, -0.25) is 0 Å². The predicted octanol–water partition coefficient (Wildman–Crippen LogP) is 5.41. The molecule has 0 aromatic heterocycles. The first kappa shape index (κ1) is 26.3. The molecule has 35 heavy (non-hydrogen) atoms. The summed E-state index contributed by atoms with van der Waals surface area (Å²) in [4.78, 5) is 0.313. The average molecular weight is 519 g/mol. The second kappa shape index (κ2) is 11.1. The Labute approximate surface area is 211 Å². The van der Waals surface area contributed by atoms with Gasteiger partial charge in [-0.05, 0) is 67.9 Å². The standard InChI is InChI=1S/C27H38N2O4S2/c1-3-24-14-9-10-20-28(24)34(30,31)25-16-18-26(19-17-25)35(32,33)29(21-23-12-5-4-6-13-23)27-15-8-7-11-22(27)2/h4-6,12-13,16-19,22,24,27H,3,7-11,14-15,20-21H2,1-2H3. The van der Waals surface area contributed by atoms with E-state index in [4.69, 9.17) is 0 Å². The van der Waals surface area contributed by atoms with Gasteiger partial charge in [0, 0.05) is 25.2 Å². The first-order chi connectivity index (χ1) is 16.7. The van der Waals surface area contributed by atoms with Crippen molar-refractivity contribution < 1.29 is 16.8 Å². The van der Waals surface area contributed by atoms with Crippen molar-refractivity contribution in [1.82, 2.24) is 8.61 Å². The maximum absolute atomic E-state index is 13.9. The van der Waals surface area contributed by atoms with Crippen LogP contribution in [0.5, 0.6) is 0 Å².